The summed E-state index contributed by atoms with van der Waals surface area (Å²) in [7, 11) is 3.26. The first-order chi connectivity index (χ1) is 11.1. The van der Waals surface area contributed by atoms with Gasteiger partial charge in [0, 0.05) is 25.5 Å². The Morgan fingerprint density at radius 1 is 1.22 bits per heavy atom. The van der Waals surface area contributed by atoms with E-state index in [0.29, 0.717) is 18.8 Å². The molecule has 23 heavy (non-hydrogen) atoms. The molecule has 0 N–H and O–H groups in total. The van der Waals surface area contributed by atoms with Gasteiger partial charge in [0.1, 0.15) is 6.04 Å². The van der Waals surface area contributed by atoms with Gasteiger partial charge in [0.2, 0.25) is 5.91 Å². The second-order valence-electron chi connectivity index (χ2n) is 5.67. The fourth-order valence-corrected chi connectivity index (χ4v) is 2.96. The Morgan fingerprint density at radius 3 is 2.52 bits per heavy atom. The van der Waals surface area contributed by atoms with E-state index in [2.05, 4.69) is 4.98 Å². The van der Waals surface area contributed by atoms with Crippen LogP contribution in [-0.2, 0) is 17.8 Å². The molecule has 6 nitrogen and oxygen atoms in total. The molecule has 1 unspecified atom stereocenters. The van der Waals surface area contributed by atoms with E-state index >= 15 is 0 Å². The maximum atomic E-state index is 12.7. The molecule has 1 aromatic heterocycles. The summed E-state index contributed by atoms with van der Waals surface area (Å²) in [5.74, 6) is 1.53. The second-order valence-corrected chi connectivity index (χ2v) is 5.67. The van der Waals surface area contributed by atoms with Gasteiger partial charge in [-0.15, -0.1) is 0 Å². The maximum absolute atomic E-state index is 12.7. The first-order valence-electron chi connectivity index (χ1n) is 7.64. The summed E-state index contributed by atoms with van der Waals surface area (Å²) in [6.45, 7) is 3.20. The average Bonchev–Trinajstić information content (AvgIpc) is 3.13. The molecule has 2 aromatic rings. The monoisotopic (exact) mass is 315 g/mol. The van der Waals surface area contributed by atoms with E-state index in [0.717, 1.165) is 17.7 Å². The molecule has 3 rings (SSSR count). The molecular weight excluding hydrogens is 294 g/mol. The molecule has 1 aliphatic rings. The summed E-state index contributed by atoms with van der Waals surface area (Å²) in [4.78, 5) is 18.6. The number of fused-ring (bicyclic) bond motifs is 1. The number of carbonyl (C=O) groups excluding carboxylic acids is 1. The number of hydrogen-bond donors (Lipinski definition) is 0. The van der Waals surface area contributed by atoms with Crippen molar-refractivity contribution in [3.8, 4) is 11.5 Å². The molecule has 0 fully saturated rings. The number of benzene rings is 1. The van der Waals surface area contributed by atoms with Gasteiger partial charge in [-0.2, -0.15) is 0 Å². The maximum Gasteiger partial charge on any atom is 0.245 e. The van der Waals surface area contributed by atoms with Gasteiger partial charge in [0.25, 0.3) is 0 Å². The quantitative estimate of drug-likeness (QED) is 0.866. The first kappa shape index (κ1) is 15.4. The highest BCUT2D eigenvalue weighted by Crippen LogP contribution is 2.33. The molecule has 0 aliphatic carbocycles. The van der Waals surface area contributed by atoms with Gasteiger partial charge in [-0.3, -0.25) is 4.79 Å². The van der Waals surface area contributed by atoms with Gasteiger partial charge in [-0.1, -0.05) is 0 Å². The van der Waals surface area contributed by atoms with Crippen LogP contribution in [0.3, 0.4) is 0 Å². The normalized spacial score (nSPS) is 15.0. The largest absolute Gasteiger partial charge is 0.493 e. The lowest BCUT2D eigenvalue weighted by Crippen LogP contribution is -2.39. The van der Waals surface area contributed by atoms with Gasteiger partial charge >= 0.3 is 0 Å². The molecular formula is C17H21N3O3. The van der Waals surface area contributed by atoms with Crippen molar-refractivity contribution in [3.05, 3.63) is 42.0 Å². The van der Waals surface area contributed by atoms with Crippen molar-refractivity contribution in [1.82, 2.24) is 14.5 Å². The standard InChI is InChI=1S/C17H21N3O3/c1-12(20-7-5-18-11-20)17(21)19-6-4-13-8-15(22-2)16(23-3)9-14(13)10-19/h5,7-9,11-12H,4,6,10H2,1-3H3. The first-order valence-corrected chi connectivity index (χ1v) is 7.64. The molecule has 1 atom stereocenters. The Labute approximate surface area is 135 Å². The smallest absolute Gasteiger partial charge is 0.245 e. The number of carbonyl (C=O) groups is 1. The fraction of sp³-hybridized carbons (Fsp3) is 0.412. The molecule has 2 heterocycles. The summed E-state index contributed by atoms with van der Waals surface area (Å²) in [5, 5.41) is 0. The van der Waals surface area contributed by atoms with E-state index in [9.17, 15) is 4.79 Å². The number of imidazole rings is 1. The molecule has 1 aliphatic heterocycles. The van der Waals surface area contributed by atoms with Gasteiger partial charge in [0.15, 0.2) is 11.5 Å². The lowest BCUT2D eigenvalue weighted by Gasteiger charge is -2.31. The van der Waals surface area contributed by atoms with Crippen LogP contribution in [0.2, 0.25) is 0 Å². The Balaban J connectivity index is 1.81. The molecule has 0 bridgehead atoms. The SMILES string of the molecule is COc1cc2c(cc1OC)CN(C(=O)C(C)n1ccnc1)CC2. The minimum atomic E-state index is -0.251. The van der Waals surface area contributed by atoms with Crippen molar-refractivity contribution >= 4 is 5.91 Å². The molecule has 0 spiro atoms. The minimum absolute atomic E-state index is 0.100. The zero-order valence-corrected chi connectivity index (χ0v) is 13.7. The van der Waals surface area contributed by atoms with Crippen LogP contribution in [0.4, 0.5) is 0 Å². The highest BCUT2D eigenvalue weighted by molar-refractivity contribution is 5.80. The molecule has 0 saturated carbocycles. The van der Waals surface area contributed by atoms with Crippen LogP contribution in [0.25, 0.3) is 0 Å². The Bertz CT molecular complexity index is 697. The van der Waals surface area contributed by atoms with Crippen molar-refractivity contribution < 1.29 is 14.3 Å². The van der Waals surface area contributed by atoms with Crippen LogP contribution < -0.4 is 9.47 Å². The van der Waals surface area contributed by atoms with Crippen LogP contribution >= 0.6 is 0 Å². The van der Waals surface area contributed by atoms with E-state index in [1.165, 1.54) is 5.56 Å². The van der Waals surface area contributed by atoms with Crippen LogP contribution in [-0.4, -0.2) is 41.1 Å². The Hall–Kier alpha value is -2.50. The number of ether oxygens (including phenoxy) is 2. The predicted molar refractivity (Wildman–Crippen MR) is 85.6 cm³/mol. The number of hydrogen-bond acceptors (Lipinski definition) is 4. The number of methoxy groups -OCH3 is 2. The van der Waals surface area contributed by atoms with E-state index < -0.39 is 0 Å². The second kappa shape index (κ2) is 6.32. The average molecular weight is 315 g/mol. The molecule has 0 saturated heterocycles. The van der Waals surface area contributed by atoms with Crippen molar-refractivity contribution in [1.29, 1.82) is 0 Å². The van der Waals surface area contributed by atoms with Crippen LogP contribution in [0, 0.1) is 0 Å². The lowest BCUT2D eigenvalue weighted by atomic mass is 9.98. The summed E-state index contributed by atoms with van der Waals surface area (Å²) < 4.78 is 12.5. The Morgan fingerprint density at radius 2 is 1.91 bits per heavy atom. The van der Waals surface area contributed by atoms with E-state index in [1.807, 2.05) is 34.7 Å². The molecule has 6 heteroatoms. The molecule has 1 aromatic carbocycles. The van der Waals surface area contributed by atoms with Crippen molar-refractivity contribution in [2.24, 2.45) is 0 Å². The van der Waals surface area contributed by atoms with E-state index in [4.69, 9.17) is 9.47 Å². The third-order valence-electron chi connectivity index (χ3n) is 4.36. The highest BCUT2D eigenvalue weighted by Gasteiger charge is 2.26. The van der Waals surface area contributed by atoms with Crippen LogP contribution in [0.5, 0.6) is 11.5 Å². The zero-order chi connectivity index (χ0) is 16.4. The van der Waals surface area contributed by atoms with E-state index in [1.54, 1.807) is 26.7 Å². The summed E-state index contributed by atoms with van der Waals surface area (Å²) >= 11 is 0. The third-order valence-corrected chi connectivity index (χ3v) is 4.36. The topological polar surface area (TPSA) is 56.6 Å². The van der Waals surface area contributed by atoms with E-state index in [-0.39, 0.29) is 11.9 Å². The minimum Gasteiger partial charge on any atom is -0.493 e. The zero-order valence-electron chi connectivity index (χ0n) is 13.7. The predicted octanol–water partition coefficient (Wildman–Crippen LogP) is 2.05. The third kappa shape index (κ3) is 2.88. The van der Waals surface area contributed by atoms with Crippen molar-refractivity contribution in [3.63, 3.8) is 0 Å². The van der Waals surface area contributed by atoms with Gasteiger partial charge in [0.05, 0.1) is 20.5 Å². The van der Waals surface area contributed by atoms with Gasteiger partial charge in [-0.25, -0.2) is 4.98 Å². The number of rotatable bonds is 4. The summed E-state index contributed by atoms with van der Waals surface area (Å²) in [6, 6.07) is 3.73. The molecule has 1 amide bonds. The van der Waals surface area contributed by atoms with Crippen LogP contribution in [0.1, 0.15) is 24.1 Å². The van der Waals surface area contributed by atoms with Crippen molar-refractivity contribution in [2.75, 3.05) is 20.8 Å². The van der Waals surface area contributed by atoms with Crippen molar-refractivity contribution in [2.45, 2.75) is 25.9 Å². The van der Waals surface area contributed by atoms with Gasteiger partial charge < -0.3 is 18.9 Å². The molecule has 122 valence electrons. The fourth-order valence-electron chi connectivity index (χ4n) is 2.96. The lowest BCUT2D eigenvalue weighted by molar-refractivity contribution is -0.135. The summed E-state index contributed by atoms with van der Waals surface area (Å²) in [6.07, 6.45) is 5.99. The number of aromatic nitrogens is 2. The highest BCUT2D eigenvalue weighted by atomic mass is 16.5. The number of nitrogens with zero attached hydrogens (tertiary/aromatic N) is 3. The Kier molecular flexibility index (Phi) is 4.23. The summed E-state index contributed by atoms with van der Waals surface area (Å²) in [5.41, 5.74) is 2.32. The van der Waals surface area contributed by atoms with Crippen LogP contribution in [0.15, 0.2) is 30.9 Å². The molecule has 0 radical (unpaired) electrons. The van der Waals surface area contributed by atoms with Gasteiger partial charge in [-0.05, 0) is 36.6 Å². The number of amides is 1.